The Kier molecular flexibility index (Phi) is 13.8. The van der Waals surface area contributed by atoms with Crippen molar-refractivity contribution in [3.8, 4) is 22.4 Å². The van der Waals surface area contributed by atoms with E-state index in [9.17, 15) is 28.4 Å². The maximum atomic E-state index is 13.6. The largest absolute Gasteiger partial charge is 0.478 e. The van der Waals surface area contributed by atoms with Gasteiger partial charge in [-0.15, -0.1) is 11.8 Å². The summed E-state index contributed by atoms with van der Waals surface area (Å²) in [6, 6.07) is 35.8. The number of nitro benzene ring substituents is 1. The number of nitro groups is 1. The summed E-state index contributed by atoms with van der Waals surface area (Å²) in [5.74, 6) is -0.346. The quantitative estimate of drug-likeness (QED) is 0.0455. The van der Waals surface area contributed by atoms with Gasteiger partial charge in [0.25, 0.3) is 15.7 Å². The molecule has 6 aromatic rings. The summed E-state index contributed by atoms with van der Waals surface area (Å²) in [7, 11) is 1.63. The van der Waals surface area contributed by atoms with Crippen LogP contribution in [0.25, 0.3) is 22.4 Å². The van der Waals surface area contributed by atoms with Crippen LogP contribution in [0.3, 0.4) is 0 Å². The van der Waals surface area contributed by atoms with E-state index in [0.29, 0.717) is 40.8 Å². The number of nitrogens with one attached hydrogen (secondary N) is 2. The highest BCUT2D eigenvalue weighted by Gasteiger charge is 2.27. The van der Waals surface area contributed by atoms with E-state index in [4.69, 9.17) is 11.6 Å². The molecule has 0 saturated carbocycles. The second kappa shape index (κ2) is 19.4. The molecule has 3 N–H and O–H groups in total. The first-order valence-corrected chi connectivity index (χ1v) is 23.0. The number of thioether (sulfide) groups is 1. The first-order chi connectivity index (χ1) is 30.2. The monoisotopic (exact) mass is 905 g/mol. The van der Waals surface area contributed by atoms with E-state index in [-0.39, 0.29) is 27.9 Å². The molecule has 16 heteroatoms. The first-order valence-electron chi connectivity index (χ1n) is 20.2. The lowest BCUT2D eigenvalue weighted by atomic mass is 9.96. The van der Waals surface area contributed by atoms with Gasteiger partial charge in [-0.25, -0.2) is 13.2 Å². The Hall–Kier alpha value is -6.26. The second-order valence-electron chi connectivity index (χ2n) is 15.4. The van der Waals surface area contributed by atoms with Gasteiger partial charge in [0.15, 0.2) is 0 Å². The highest BCUT2D eigenvalue weighted by atomic mass is 35.5. The predicted molar refractivity (Wildman–Crippen MR) is 255 cm³/mol. The summed E-state index contributed by atoms with van der Waals surface area (Å²) in [5, 5.41) is 26.5. The SMILES string of the molecule is Cc1c(C(=O)O)c(-c2cccc(N3C=CN(c4ccc(NS(=O)(=O)c5ccc(N[C@H](CCN(C)C)CSc6ccccc6)c([N+](=O)[O-])c5)cc4)CC3)c2)c(-c2ccc(Cl)cc2)n1C. The molecule has 0 unspecified atom stereocenters. The highest BCUT2D eigenvalue weighted by Crippen LogP contribution is 2.40. The van der Waals surface area contributed by atoms with E-state index < -0.39 is 20.9 Å². The van der Waals surface area contributed by atoms with Crippen LogP contribution in [0, 0.1) is 17.0 Å². The number of sulfonamides is 1. The number of carboxylic acids is 1. The number of anilines is 4. The fraction of sp³-hybridized carbons (Fsp3) is 0.213. The number of benzene rings is 5. The number of aromatic nitrogens is 1. The molecular weight excluding hydrogens is 858 g/mol. The Labute approximate surface area is 376 Å². The second-order valence-corrected chi connectivity index (χ2v) is 18.6. The van der Waals surface area contributed by atoms with Crippen molar-refractivity contribution in [2.24, 2.45) is 7.05 Å². The van der Waals surface area contributed by atoms with Gasteiger partial charge in [-0.2, -0.15) is 0 Å². The van der Waals surface area contributed by atoms with Crippen LogP contribution in [0.1, 0.15) is 22.5 Å². The van der Waals surface area contributed by atoms with Gasteiger partial charge in [0.05, 0.1) is 21.1 Å². The molecule has 326 valence electrons. The molecule has 0 amide bonds. The third kappa shape index (κ3) is 10.5. The maximum absolute atomic E-state index is 13.6. The minimum absolute atomic E-state index is 0.118. The van der Waals surface area contributed by atoms with Crippen molar-refractivity contribution in [2.75, 3.05) is 59.3 Å². The molecule has 1 aliphatic heterocycles. The van der Waals surface area contributed by atoms with Crippen molar-refractivity contribution < 1.29 is 23.2 Å². The molecule has 0 radical (unpaired) electrons. The van der Waals surface area contributed by atoms with Crippen molar-refractivity contribution in [2.45, 2.75) is 29.2 Å². The normalized spacial score (nSPS) is 13.3. The lowest BCUT2D eigenvalue weighted by Gasteiger charge is -2.31. The Morgan fingerprint density at radius 2 is 1.57 bits per heavy atom. The molecule has 13 nitrogen and oxygen atoms in total. The van der Waals surface area contributed by atoms with Crippen LogP contribution in [0.4, 0.5) is 28.4 Å². The van der Waals surface area contributed by atoms with E-state index in [1.165, 1.54) is 12.1 Å². The lowest BCUT2D eigenvalue weighted by Crippen LogP contribution is -2.34. The predicted octanol–water partition coefficient (Wildman–Crippen LogP) is 10.1. The summed E-state index contributed by atoms with van der Waals surface area (Å²) in [6.45, 7) is 3.79. The Balaban J connectivity index is 1.04. The van der Waals surface area contributed by atoms with E-state index in [2.05, 4.69) is 19.8 Å². The molecule has 0 bridgehead atoms. The number of carbonyl (C=O) groups is 1. The van der Waals surface area contributed by atoms with Crippen LogP contribution < -0.4 is 19.8 Å². The van der Waals surface area contributed by atoms with Crippen LogP contribution in [0.15, 0.2) is 144 Å². The lowest BCUT2D eigenvalue weighted by molar-refractivity contribution is -0.384. The van der Waals surface area contributed by atoms with Crippen molar-refractivity contribution >= 4 is 67.8 Å². The van der Waals surface area contributed by atoms with Crippen LogP contribution in [0.5, 0.6) is 0 Å². The molecule has 0 fully saturated rings. The smallest absolute Gasteiger partial charge is 0.338 e. The van der Waals surface area contributed by atoms with Gasteiger partial charge in [-0.1, -0.05) is 54.1 Å². The molecule has 0 spiro atoms. The number of rotatable bonds is 17. The van der Waals surface area contributed by atoms with Crippen molar-refractivity contribution in [1.82, 2.24) is 9.47 Å². The van der Waals surface area contributed by atoms with Gasteiger partial charge in [0.1, 0.15) is 5.69 Å². The van der Waals surface area contributed by atoms with E-state index in [1.807, 2.05) is 110 Å². The zero-order valence-corrected chi connectivity index (χ0v) is 37.6. The molecule has 1 aliphatic rings. The van der Waals surface area contributed by atoms with Crippen molar-refractivity contribution in [3.05, 3.63) is 160 Å². The standard InChI is InChI=1S/C47H48ClN7O6S2/c1-32-44(47(56)57)45(46(52(32)4)33-13-15-35(48)16-14-33)34-9-8-10-39(29-34)54-27-25-53(26-28-54)38-19-17-36(18-20-38)50-63(60,61)41-21-22-42(43(30-41)55(58)59)49-37(23-24-51(2)3)31-62-40-11-6-5-7-12-40/h5-22,25,27,29-30,37,49-50H,23-24,26,28,31H2,1-4H3,(H,56,57)/t37-/m1/s1. The highest BCUT2D eigenvalue weighted by molar-refractivity contribution is 7.99. The van der Waals surface area contributed by atoms with Gasteiger partial charge in [0.2, 0.25) is 0 Å². The molecule has 2 heterocycles. The Bertz CT molecular complexity index is 2750. The minimum Gasteiger partial charge on any atom is -0.478 e. The van der Waals surface area contributed by atoms with Gasteiger partial charge >= 0.3 is 5.97 Å². The third-order valence-corrected chi connectivity index (χ3v) is 13.7. The average Bonchev–Trinajstić information content (AvgIpc) is 3.54. The average molecular weight is 907 g/mol. The number of hydrogen-bond donors (Lipinski definition) is 3. The summed E-state index contributed by atoms with van der Waals surface area (Å²) < 4.78 is 31.6. The van der Waals surface area contributed by atoms with Crippen LogP contribution in [-0.4, -0.2) is 79.4 Å². The zero-order chi connectivity index (χ0) is 44.8. The topological polar surface area (TPSA) is 153 Å². The third-order valence-electron chi connectivity index (χ3n) is 10.9. The Morgan fingerprint density at radius 3 is 2.21 bits per heavy atom. The molecule has 1 atom stereocenters. The first kappa shape index (κ1) is 44.8. The summed E-state index contributed by atoms with van der Waals surface area (Å²) in [5.41, 5.74) is 5.88. The summed E-state index contributed by atoms with van der Waals surface area (Å²) in [4.78, 5) is 31.4. The summed E-state index contributed by atoms with van der Waals surface area (Å²) >= 11 is 7.83. The number of hydrogen-bond acceptors (Lipinski definition) is 10. The van der Waals surface area contributed by atoms with E-state index >= 15 is 0 Å². The Morgan fingerprint density at radius 1 is 0.889 bits per heavy atom. The minimum atomic E-state index is -4.18. The van der Waals surface area contributed by atoms with E-state index in [0.717, 1.165) is 52.1 Å². The molecule has 0 aliphatic carbocycles. The molecule has 63 heavy (non-hydrogen) atoms. The maximum Gasteiger partial charge on any atom is 0.338 e. The fourth-order valence-corrected chi connectivity index (χ4v) is 9.72. The van der Waals surface area contributed by atoms with Gasteiger partial charge in [-0.05, 0) is 118 Å². The molecular formula is C47H48ClN7O6S2. The summed E-state index contributed by atoms with van der Waals surface area (Å²) in [6.07, 6.45) is 4.61. The van der Waals surface area contributed by atoms with Crippen molar-refractivity contribution in [3.63, 3.8) is 0 Å². The number of nitrogens with zero attached hydrogens (tertiary/aromatic N) is 5. The van der Waals surface area contributed by atoms with Gasteiger partial charge in [-0.3, -0.25) is 14.8 Å². The van der Waals surface area contributed by atoms with Gasteiger partial charge in [0, 0.05) is 88.6 Å². The molecule has 5 aromatic carbocycles. The van der Waals surface area contributed by atoms with Gasteiger partial charge < -0.3 is 29.7 Å². The number of aromatic carboxylic acids is 1. The fourth-order valence-electron chi connectivity index (χ4n) is 7.52. The molecule has 1 aromatic heterocycles. The zero-order valence-electron chi connectivity index (χ0n) is 35.2. The van der Waals surface area contributed by atoms with Crippen molar-refractivity contribution in [1.29, 1.82) is 0 Å². The number of halogens is 1. The van der Waals surface area contributed by atoms with Crippen LogP contribution in [0.2, 0.25) is 5.02 Å². The van der Waals surface area contributed by atoms with Crippen LogP contribution >= 0.6 is 23.4 Å². The van der Waals surface area contributed by atoms with Crippen LogP contribution in [-0.2, 0) is 17.1 Å². The molecule has 0 saturated heterocycles. The molecule has 7 rings (SSSR count). The number of carboxylic acid groups (broad SMARTS) is 1. The van der Waals surface area contributed by atoms with E-state index in [1.54, 1.807) is 55.1 Å².